The Hall–Kier alpha value is -3.96. The Kier molecular flexibility index (Phi) is 14.0. The van der Waals surface area contributed by atoms with Gasteiger partial charge in [-0.3, -0.25) is 19.6 Å². The van der Waals surface area contributed by atoms with Crippen molar-refractivity contribution < 1.29 is 9.59 Å². The highest BCUT2D eigenvalue weighted by atomic mass is 79.9. The fourth-order valence-electron chi connectivity index (χ4n) is 4.19. The smallest absolute Gasteiger partial charge is 0.214 e. The summed E-state index contributed by atoms with van der Waals surface area (Å²) in [6, 6.07) is 11.7. The summed E-state index contributed by atoms with van der Waals surface area (Å²) < 4.78 is 0.866. The van der Waals surface area contributed by atoms with Gasteiger partial charge in [0.2, 0.25) is 5.91 Å². The zero-order chi connectivity index (χ0) is 35.7. The third-order valence-corrected chi connectivity index (χ3v) is 7.19. The summed E-state index contributed by atoms with van der Waals surface area (Å²) in [5.41, 5.74) is 9.30. The Balaban J connectivity index is 0.000000296. The number of nitrogens with one attached hydrogen (secondary N) is 2. The van der Waals surface area contributed by atoms with Gasteiger partial charge in [0.05, 0.1) is 43.6 Å². The van der Waals surface area contributed by atoms with E-state index in [4.69, 9.17) is 23.2 Å². The van der Waals surface area contributed by atoms with Gasteiger partial charge in [-0.1, -0.05) is 80.7 Å². The normalized spacial score (nSPS) is 10.9. The van der Waals surface area contributed by atoms with Crippen LogP contribution in [0.1, 0.15) is 72.1 Å². The van der Waals surface area contributed by atoms with Crippen molar-refractivity contribution in [3.05, 3.63) is 67.9 Å². The number of ketones is 1. The van der Waals surface area contributed by atoms with Crippen molar-refractivity contribution >= 4 is 84.0 Å². The maximum atomic E-state index is 11.4. The van der Waals surface area contributed by atoms with E-state index in [1.807, 2.05) is 12.1 Å². The van der Waals surface area contributed by atoms with Gasteiger partial charge in [0, 0.05) is 54.1 Å². The highest BCUT2D eigenvalue weighted by Gasteiger charge is 2.17. The van der Waals surface area contributed by atoms with Crippen LogP contribution in [0.25, 0.3) is 21.8 Å². The number of nitrogens with two attached hydrogens (primary N) is 1. The van der Waals surface area contributed by atoms with E-state index >= 15 is 0 Å². The summed E-state index contributed by atoms with van der Waals surface area (Å²) in [6.45, 7) is 17.1. The number of halogens is 3. The number of fused-ring (bicyclic) bond motifs is 2. The van der Waals surface area contributed by atoms with Crippen LogP contribution in [-0.4, -0.2) is 34.7 Å². The van der Waals surface area contributed by atoms with Crippen LogP contribution in [-0.2, 0) is 16.0 Å². The first-order valence-corrected chi connectivity index (χ1v) is 16.2. The molecular formula is C35H40BrCl2N7O2. The monoisotopic (exact) mass is 739 g/mol. The summed E-state index contributed by atoms with van der Waals surface area (Å²) in [4.78, 5) is 29.2. The third kappa shape index (κ3) is 12.3. The van der Waals surface area contributed by atoms with Crippen molar-refractivity contribution in [2.75, 3.05) is 23.7 Å². The van der Waals surface area contributed by atoms with Crippen molar-refractivity contribution in [3.63, 3.8) is 0 Å². The van der Waals surface area contributed by atoms with Crippen molar-refractivity contribution in [1.82, 2.24) is 9.97 Å². The number of aromatic nitrogens is 2. The van der Waals surface area contributed by atoms with E-state index in [0.29, 0.717) is 45.2 Å². The molecule has 0 fully saturated rings. The Labute approximate surface area is 295 Å². The molecule has 4 rings (SSSR count). The van der Waals surface area contributed by atoms with Gasteiger partial charge in [0.1, 0.15) is 17.9 Å². The van der Waals surface area contributed by atoms with Gasteiger partial charge in [-0.15, -0.1) is 0 Å². The van der Waals surface area contributed by atoms with Gasteiger partial charge in [0.15, 0.2) is 0 Å². The number of benzene rings is 2. The van der Waals surface area contributed by atoms with E-state index in [2.05, 4.69) is 95.9 Å². The van der Waals surface area contributed by atoms with Gasteiger partial charge < -0.3 is 16.4 Å². The number of anilines is 2. The highest BCUT2D eigenvalue weighted by Crippen LogP contribution is 2.34. The molecule has 4 aromatic rings. The molecule has 0 radical (unpaired) electrons. The molecule has 0 aliphatic carbocycles. The number of rotatable bonds is 6. The summed E-state index contributed by atoms with van der Waals surface area (Å²) in [7, 11) is 0. The average molecular weight is 742 g/mol. The van der Waals surface area contributed by atoms with Gasteiger partial charge >= 0.3 is 0 Å². The lowest BCUT2D eigenvalue weighted by molar-refractivity contribution is -0.117. The van der Waals surface area contributed by atoms with Gasteiger partial charge in [-0.05, 0) is 47.6 Å². The van der Waals surface area contributed by atoms with E-state index in [-0.39, 0.29) is 22.5 Å². The van der Waals surface area contributed by atoms with E-state index in [0.717, 1.165) is 38.7 Å². The number of amides is 1. The molecular weight excluding hydrogens is 701 g/mol. The molecule has 0 bridgehead atoms. The Morgan fingerprint density at radius 1 is 0.809 bits per heavy atom. The molecule has 0 spiro atoms. The molecule has 0 unspecified atom stereocenters. The summed E-state index contributed by atoms with van der Waals surface area (Å²) in [6.07, 6.45) is 3.40. The van der Waals surface area contributed by atoms with Crippen LogP contribution in [0.5, 0.6) is 0 Å². The lowest BCUT2D eigenvalue weighted by atomic mass is 9.96. The second-order valence-electron chi connectivity index (χ2n) is 13.4. The largest absolute Gasteiger partial charge is 0.383 e. The number of Topliss-reactive ketones (excluding diaryl/α,β-unsaturated/α-hetero) is 1. The number of carbonyl (C=O) groups is 2. The first-order valence-electron chi connectivity index (χ1n) is 14.7. The van der Waals surface area contributed by atoms with Gasteiger partial charge in [-0.2, -0.15) is 10.5 Å². The number of hydrogen-bond acceptors (Lipinski definition) is 8. The molecule has 1 amide bonds. The molecule has 0 aliphatic heterocycles. The molecule has 2 aromatic heterocycles. The first-order chi connectivity index (χ1) is 21.8. The quantitative estimate of drug-likeness (QED) is 0.177. The molecule has 248 valence electrons. The minimum atomic E-state index is -0.333. The third-order valence-electron chi connectivity index (χ3n) is 6.16. The van der Waals surface area contributed by atoms with Crippen LogP contribution in [0.2, 0.25) is 10.0 Å². The topological polar surface area (TPSA) is 158 Å². The molecule has 9 nitrogen and oxygen atoms in total. The summed E-state index contributed by atoms with van der Waals surface area (Å²) in [5, 5.41) is 28.0. The van der Waals surface area contributed by atoms with Crippen LogP contribution in [0.3, 0.4) is 0 Å². The number of carbonyl (C=O) groups excluding carboxylic acids is 2. The van der Waals surface area contributed by atoms with E-state index in [1.165, 1.54) is 13.1 Å². The highest BCUT2D eigenvalue weighted by molar-refractivity contribution is 9.10. The van der Waals surface area contributed by atoms with Crippen molar-refractivity contribution in [1.29, 1.82) is 10.5 Å². The minimum Gasteiger partial charge on any atom is -0.383 e. The number of nitrogens with zero attached hydrogens (tertiary/aromatic N) is 4. The molecule has 0 saturated carbocycles. The van der Waals surface area contributed by atoms with Crippen LogP contribution < -0.4 is 16.4 Å². The molecule has 0 saturated heterocycles. The molecule has 12 heteroatoms. The zero-order valence-corrected chi connectivity index (χ0v) is 31.0. The maximum absolute atomic E-state index is 11.4. The van der Waals surface area contributed by atoms with E-state index < -0.39 is 0 Å². The van der Waals surface area contributed by atoms with Crippen molar-refractivity contribution in [2.45, 2.75) is 61.8 Å². The number of primary amides is 1. The Bertz CT molecular complexity index is 1860. The SMILES string of the molecule is CC(=O)Cc1cc(Cl)c2ncc(C#N)c(NCC(C)(C)C)c2c1.CC(C)(C)CNc1c(C#N)cnc2c(Cl)cc(Br)cc12.CC(N)=O. The molecule has 4 N–H and O–H groups in total. The zero-order valence-electron chi connectivity index (χ0n) is 27.9. The molecule has 0 atom stereocenters. The Morgan fingerprint density at radius 3 is 1.60 bits per heavy atom. The molecule has 0 aliphatic rings. The number of nitriles is 2. The second kappa shape index (κ2) is 16.7. The number of hydrogen-bond donors (Lipinski definition) is 3. The van der Waals surface area contributed by atoms with Crippen molar-refractivity contribution in [2.24, 2.45) is 16.6 Å². The van der Waals surface area contributed by atoms with Crippen LogP contribution >= 0.6 is 39.1 Å². The predicted molar refractivity (Wildman–Crippen MR) is 196 cm³/mol. The minimum absolute atomic E-state index is 0.0586. The summed E-state index contributed by atoms with van der Waals surface area (Å²) in [5.74, 6) is -0.269. The van der Waals surface area contributed by atoms with Crippen LogP contribution in [0.15, 0.2) is 41.1 Å². The first kappa shape index (κ1) is 39.2. The lowest BCUT2D eigenvalue weighted by Crippen LogP contribution is -2.19. The fraction of sp³-hybridized carbons (Fsp3) is 0.371. The predicted octanol–water partition coefficient (Wildman–Crippen LogP) is 8.82. The standard InChI is InChI=1S/C18H20ClN3O.C15H15BrClN3.C2H5NO/c1-11(23)5-12-6-14-16(22-10-18(2,3)4)13(8-20)9-21-17(14)15(19)7-12;1-15(2,3)8-20-13-9(6-18)7-19-14-11(13)4-10(16)5-12(14)17;1-2(3)4/h6-7,9H,5,10H2,1-4H3,(H,21,22);4-5,7H,8H2,1-3H3,(H,19,20);1H3,(H2,3,4). The molecule has 47 heavy (non-hydrogen) atoms. The van der Waals surface area contributed by atoms with Gasteiger partial charge in [-0.25, -0.2) is 0 Å². The number of pyridine rings is 2. The van der Waals surface area contributed by atoms with E-state index in [1.54, 1.807) is 25.3 Å². The fourth-order valence-corrected chi connectivity index (χ4v) is 5.34. The summed E-state index contributed by atoms with van der Waals surface area (Å²) >= 11 is 16.0. The Morgan fingerprint density at radius 2 is 1.21 bits per heavy atom. The molecule has 2 aromatic carbocycles. The second-order valence-corrected chi connectivity index (χ2v) is 15.1. The molecule has 2 heterocycles. The average Bonchev–Trinajstić information content (AvgIpc) is 2.93. The van der Waals surface area contributed by atoms with E-state index in [9.17, 15) is 20.1 Å². The lowest BCUT2D eigenvalue weighted by Gasteiger charge is -2.21. The van der Waals surface area contributed by atoms with Crippen LogP contribution in [0.4, 0.5) is 11.4 Å². The van der Waals surface area contributed by atoms with Crippen molar-refractivity contribution in [3.8, 4) is 12.1 Å². The van der Waals surface area contributed by atoms with Crippen LogP contribution in [0, 0.1) is 33.5 Å². The van der Waals surface area contributed by atoms with Gasteiger partial charge in [0.25, 0.3) is 0 Å². The maximum Gasteiger partial charge on any atom is 0.214 e.